The van der Waals surface area contributed by atoms with Gasteiger partial charge in [0.25, 0.3) is 0 Å². The number of rotatable bonds is 45. The molecule has 0 amide bonds. The van der Waals surface area contributed by atoms with E-state index in [9.17, 15) is 9.59 Å². The topological polar surface area (TPSA) is 34.1 Å². The molecule has 0 saturated heterocycles. The van der Waals surface area contributed by atoms with Crippen molar-refractivity contribution >= 4 is 12.6 Å². The lowest BCUT2D eigenvalue weighted by Gasteiger charge is -2.05. The van der Waals surface area contributed by atoms with Crippen LogP contribution in [0.25, 0.3) is 0 Å². The van der Waals surface area contributed by atoms with Gasteiger partial charge in [0.05, 0.1) is 0 Å². The Morgan fingerprint density at radius 3 is 0.312 bits per heavy atom. The molecule has 2 heteroatoms. The van der Waals surface area contributed by atoms with Gasteiger partial charge in [-0.05, 0) is 12.8 Å². The maximum absolute atomic E-state index is 10.3. The highest BCUT2D eigenvalue weighted by atomic mass is 16.1. The minimum atomic E-state index is 0.761. The Morgan fingerprint density at radius 1 is 0.146 bits per heavy atom. The van der Waals surface area contributed by atoms with Gasteiger partial charge in [-0.3, -0.25) is 0 Å². The van der Waals surface area contributed by atoms with E-state index in [0.717, 1.165) is 38.3 Å². The Bertz CT molecular complexity index is 522. The van der Waals surface area contributed by atoms with Crippen LogP contribution in [-0.2, 0) is 9.59 Å². The normalized spacial score (nSPS) is 11.4. The Kier molecular flexibility index (Phi) is 45.7. The molecule has 0 bridgehead atoms. The maximum atomic E-state index is 10.3. The Labute approximate surface area is 303 Å². The van der Waals surface area contributed by atoms with E-state index in [1.165, 1.54) is 257 Å². The van der Waals surface area contributed by atoms with Crippen LogP contribution < -0.4 is 0 Å². The molecule has 0 aromatic heterocycles. The molecule has 0 radical (unpaired) electrons. The maximum Gasteiger partial charge on any atom is 0.119 e. The Hall–Kier alpha value is -0.660. The summed E-state index contributed by atoms with van der Waals surface area (Å²) in [6.07, 6.45) is 63.4. The molecule has 0 heterocycles. The number of hydrogen-bond donors (Lipinski definition) is 0. The Balaban J connectivity index is 3.04. The molecule has 0 aromatic rings. The van der Waals surface area contributed by atoms with Crippen molar-refractivity contribution in [2.45, 2.75) is 283 Å². The van der Waals surface area contributed by atoms with E-state index in [1.54, 1.807) is 0 Å². The van der Waals surface area contributed by atoms with Crippen LogP contribution >= 0.6 is 0 Å². The lowest BCUT2D eigenvalue weighted by atomic mass is 10.0. The summed E-state index contributed by atoms with van der Waals surface area (Å²) in [5.74, 6) is 0. The van der Waals surface area contributed by atoms with Crippen molar-refractivity contribution in [2.75, 3.05) is 0 Å². The molecule has 0 aliphatic heterocycles. The summed E-state index contributed by atoms with van der Waals surface area (Å²) in [6.45, 7) is 0. The van der Waals surface area contributed by atoms with E-state index in [1.807, 2.05) is 0 Å². The molecule has 286 valence electrons. The second-order valence-corrected chi connectivity index (χ2v) is 15.8. The van der Waals surface area contributed by atoms with Crippen molar-refractivity contribution in [2.24, 2.45) is 0 Å². The van der Waals surface area contributed by atoms with Crippen molar-refractivity contribution in [3.63, 3.8) is 0 Å². The van der Waals surface area contributed by atoms with Crippen LogP contribution in [0.3, 0.4) is 0 Å². The van der Waals surface area contributed by atoms with Crippen molar-refractivity contribution in [3.05, 3.63) is 0 Å². The van der Waals surface area contributed by atoms with Gasteiger partial charge in [0.15, 0.2) is 0 Å². The quantitative estimate of drug-likeness (QED) is 0.0476. The number of carbonyl (C=O) groups is 2. The third-order valence-corrected chi connectivity index (χ3v) is 10.9. The van der Waals surface area contributed by atoms with Crippen LogP contribution in [0.15, 0.2) is 0 Å². The van der Waals surface area contributed by atoms with Gasteiger partial charge in [0, 0.05) is 12.8 Å². The fourth-order valence-corrected chi connectivity index (χ4v) is 7.53. The van der Waals surface area contributed by atoms with E-state index in [-0.39, 0.29) is 0 Å². The highest BCUT2D eigenvalue weighted by molar-refractivity contribution is 5.49. The second-order valence-electron chi connectivity index (χ2n) is 15.8. The van der Waals surface area contributed by atoms with Crippen LogP contribution in [0.4, 0.5) is 0 Å². The number of unbranched alkanes of at least 4 members (excludes halogenated alkanes) is 43. The first-order valence-corrected chi connectivity index (χ1v) is 22.8. The van der Waals surface area contributed by atoms with E-state index in [4.69, 9.17) is 0 Å². The first kappa shape index (κ1) is 47.3. The molecule has 0 N–H and O–H groups in total. The fraction of sp³-hybridized carbons (Fsp3) is 0.957. The lowest BCUT2D eigenvalue weighted by molar-refractivity contribution is -0.108. The first-order chi connectivity index (χ1) is 23.9. The molecule has 0 fully saturated rings. The van der Waals surface area contributed by atoms with Crippen molar-refractivity contribution < 1.29 is 9.59 Å². The van der Waals surface area contributed by atoms with E-state index >= 15 is 0 Å². The van der Waals surface area contributed by atoms with Crippen LogP contribution in [0.5, 0.6) is 0 Å². The van der Waals surface area contributed by atoms with Gasteiger partial charge in [-0.15, -0.1) is 0 Å². The van der Waals surface area contributed by atoms with E-state index in [0.29, 0.717) is 0 Å². The molecule has 0 saturated carbocycles. The SMILES string of the molecule is O=CCCCCCCCCCCCCCCCCCCCCCCCCCCCCCCCCCCCCCCCCCCCCC=O. The molecule has 0 unspecified atom stereocenters. The smallest absolute Gasteiger partial charge is 0.119 e. The summed E-state index contributed by atoms with van der Waals surface area (Å²) in [5.41, 5.74) is 0. The zero-order chi connectivity index (χ0) is 34.5. The Morgan fingerprint density at radius 2 is 0.229 bits per heavy atom. The van der Waals surface area contributed by atoms with Crippen molar-refractivity contribution in [1.82, 2.24) is 0 Å². The van der Waals surface area contributed by atoms with Gasteiger partial charge >= 0.3 is 0 Å². The summed E-state index contributed by atoms with van der Waals surface area (Å²) < 4.78 is 0. The number of aldehydes is 2. The third kappa shape index (κ3) is 45.3. The summed E-state index contributed by atoms with van der Waals surface area (Å²) >= 11 is 0. The van der Waals surface area contributed by atoms with E-state index < -0.39 is 0 Å². The van der Waals surface area contributed by atoms with Crippen LogP contribution in [0.1, 0.15) is 283 Å². The molecule has 0 aliphatic rings. The van der Waals surface area contributed by atoms with Crippen LogP contribution in [0, 0.1) is 0 Å². The van der Waals surface area contributed by atoms with Gasteiger partial charge in [-0.25, -0.2) is 0 Å². The zero-order valence-corrected chi connectivity index (χ0v) is 33.1. The van der Waals surface area contributed by atoms with Gasteiger partial charge in [-0.1, -0.05) is 257 Å². The predicted molar refractivity (Wildman–Crippen MR) is 215 cm³/mol. The minimum Gasteiger partial charge on any atom is -0.303 e. The predicted octanol–water partition coefficient (Wildman–Crippen LogP) is 16.5. The monoisotopic (exact) mass is 675 g/mol. The third-order valence-electron chi connectivity index (χ3n) is 10.9. The summed E-state index contributed by atoms with van der Waals surface area (Å²) in [6, 6.07) is 0. The molecule has 0 aliphatic carbocycles. The second kappa shape index (κ2) is 46.3. The molecule has 0 rings (SSSR count). The van der Waals surface area contributed by atoms with Gasteiger partial charge in [0.2, 0.25) is 0 Å². The molecule has 48 heavy (non-hydrogen) atoms. The largest absolute Gasteiger partial charge is 0.303 e. The lowest BCUT2D eigenvalue weighted by Crippen LogP contribution is -1.85. The van der Waals surface area contributed by atoms with Crippen molar-refractivity contribution in [3.8, 4) is 0 Å². The summed E-state index contributed by atoms with van der Waals surface area (Å²) in [7, 11) is 0. The van der Waals surface area contributed by atoms with Gasteiger partial charge in [0.1, 0.15) is 12.6 Å². The first-order valence-electron chi connectivity index (χ1n) is 22.8. The van der Waals surface area contributed by atoms with E-state index in [2.05, 4.69) is 0 Å². The average Bonchev–Trinajstić information content (AvgIpc) is 3.10. The molecule has 0 spiro atoms. The minimum absolute atomic E-state index is 0.761. The highest BCUT2D eigenvalue weighted by Crippen LogP contribution is 2.18. The molecular weight excluding hydrogens is 585 g/mol. The number of carbonyl (C=O) groups excluding carboxylic acids is 2. The molecule has 0 atom stereocenters. The van der Waals surface area contributed by atoms with Gasteiger partial charge in [-0.2, -0.15) is 0 Å². The fourth-order valence-electron chi connectivity index (χ4n) is 7.53. The molecule has 0 aromatic carbocycles. The highest BCUT2D eigenvalue weighted by Gasteiger charge is 1.98. The summed E-state index contributed by atoms with van der Waals surface area (Å²) in [4.78, 5) is 20.6. The van der Waals surface area contributed by atoms with Crippen LogP contribution in [0.2, 0.25) is 0 Å². The average molecular weight is 675 g/mol. The van der Waals surface area contributed by atoms with Crippen molar-refractivity contribution in [1.29, 1.82) is 0 Å². The van der Waals surface area contributed by atoms with Gasteiger partial charge < -0.3 is 9.59 Å². The number of hydrogen-bond acceptors (Lipinski definition) is 2. The van der Waals surface area contributed by atoms with Crippen LogP contribution in [-0.4, -0.2) is 12.6 Å². The molecular formula is C46H90O2. The zero-order valence-electron chi connectivity index (χ0n) is 33.1. The summed E-state index contributed by atoms with van der Waals surface area (Å²) in [5, 5.41) is 0. The molecule has 2 nitrogen and oxygen atoms in total. The standard InChI is InChI=1S/C46H90O2/c47-45-43-41-39-37-35-33-31-29-27-25-23-21-19-17-15-13-11-9-7-5-3-1-2-4-6-8-10-12-14-16-18-20-22-24-26-28-30-32-34-36-38-40-42-44-46-48/h45-46H,1-44H2.